The number of alkyl halides is 1. The van der Waals surface area contributed by atoms with Gasteiger partial charge >= 0.3 is 0 Å². The number of nitrogens with zero attached hydrogens (tertiary/aromatic N) is 4. The molecule has 0 saturated carbocycles. The minimum absolute atomic E-state index is 0.315. The Hall–Kier alpha value is -3.63. The summed E-state index contributed by atoms with van der Waals surface area (Å²) in [7, 11) is 1.69. The fraction of sp³-hybridized carbons (Fsp3) is 0.250. The fourth-order valence-electron chi connectivity index (χ4n) is 4.15. The van der Waals surface area contributed by atoms with E-state index in [2.05, 4.69) is 35.9 Å². The summed E-state index contributed by atoms with van der Waals surface area (Å²) in [5, 5.41) is 10.7. The second-order valence-corrected chi connectivity index (χ2v) is 8.95. The number of nitrogens with one attached hydrogen (secondary N) is 3. The van der Waals surface area contributed by atoms with Crippen LogP contribution in [0.15, 0.2) is 53.4 Å². The van der Waals surface area contributed by atoms with Crippen molar-refractivity contribution in [1.29, 1.82) is 0 Å². The van der Waals surface area contributed by atoms with Crippen molar-refractivity contribution in [3.63, 3.8) is 0 Å². The second-order valence-electron chi connectivity index (χ2n) is 8.07. The van der Waals surface area contributed by atoms with Crippen LogP contribution in [0.5, 0.6) is 0 Å². The molecule has 1 saturated heterocycles. The minimum atomic E-state index is -1.00. The van der Waals surface area contributed by atoms with Crippen molar-refractivity contribution < 1.29 is 4.39 Å². The Morgan fingerprint density at radius 3 is 2.97 bits per heavy atom. The Balaban J connectivity index is 1.59. The SMILES string of the molecule is CN=C/C(=C\N)c1cc2ncnc(Nc3ccc4ncsc4c3)c2cc1NC1CCNC[C@H]1F. The summed E-state index contributed by atoms with van der Waals surface area (Å²) >= 11 is 1.59. The molecule has 2 aromatic heterocycles. The minimum Gasteiger partial charge on any atom is -0.404 e. The van der Waals surface area contributed by atoms with Gasteiger partial charge in [0.1, 0.15) is 18.3 Å². The van der Waals surface area contributed by atoms with Gasteiger partial charge in [0.05, 0.1) is 27.3 Å². The van der Waals surface area contributed by atoms with Crippen LogP contribution < -0.4 is 21.7 Å². The van der Waals surface area contributed by atoms with Crippen molar-refractivity contribution in [2.75, 3.05) is 30.8 Å². The van der Waals surface area contributed by atoms with Gasteiger partial charge in [0.25, 0.3) is 0 Å². The standard InChI is InChI=1S/C24H25FN8S/c1-27-10-14(9-26)16-7-21-17(8-22(16)33-19-4-5-28-11-18(19)25)24(30-12-29-21)32-15-2-3-20-23(6-15)34-13-31-20/h2-3,6-10,12-13,18-19,28,33H,4-5,11,26H2,1H3,(H,29,30,32)/b14-9+,27-10?/t18-,19?/m1/s1. The molecule has 2 aromatic carbocycles. The third-order valence-corrected chi connectivity index (χ3v) is 6.67. The number of halogens is 1. The molecule has 34 heavy (non-hydrogen) atoms. The number of thiazole rings is 1. The number of allylic oxidation sites excluding steroid dienone is 1. The lowest BCUT2D eigenvalue weighted by Crippen LogP contribution is -2.45. The van der Waals surface area contributed by atoms with Crippen LogP contribution in [0.4, 0.5) is 21.6 Å². The zero-order valence-corrected chi connectivity index (χ0v) is 19.4. The first-order chi connectivity index (χ1) is 16.7. The molecule has 1 aliphatic rings. The van der Waals surface area contributed by atoms with Crippen molar-refractivity contribution in [2.45, 2.75) is 18.6 Å². The van der Waals surface area contributed by atoms with E-state index in [-0.39, 0.29) is 6.04 Å². The zero-order valence-electron chi connectivity index (χ0n) is 18.6. The van der Waals surface area contributed by atoms with E-state index in [9.17, 15) is 4.39 Å². The Morgan fingerprint density at radius 2 is 2.15 bits per heavy atom. The predicted molar refractivity (Wildman–Crippen MR) is 139 cm³/mol. The molecule has 1 fully saturated rings. The van der Waals surface area contributed by atoms with Crippen LogP contribution in [-0.4, -0.2) is 53.5 Å². The molecule has 174 valence electrons. The van der Waals surface area contributed by atoms with E-state index in [1.54, 1.807) is 24.6 Å². The average Bonchev–Trinajstić information content (AvgIpc) is 3.32. The summed E-state index contributed by atoms with van der Waals surface area (Å²) < 4.78 is 15.7. The van der Waals surface area contributed by atoms with Gasteiger partial charge in [-0.15, -0.1) is 11.3 Å². The zero-order chi connectivity index (χ0) is 23.5. The van der Waals surface area contributed by atoms with Gasteiger partial charge in [-0.25, -0.2) is 19.3 Å². The number of rotatable bonds is 6. The van der Waals surface area contributed by atoms with Crippen molar-refractivity contribution in [3.05, 3.63) is 53.9 Å². The average molecular weight is 477 g/mol. The number of fused-ring (bicyclic) bond motifs is 2. The molecule has 0 bridgehead atoms. The van der Waals surface area contributed by atoms with Crippen LogP contribution >= 0.6 is 11.3 Å². The van der Waals surface area contributed by atoms with Gasteiger partial charge in [-0.05, 0) is 43.3 Å². The third kappa shape index (κ3) is 4.42. The Labute approximate surface area is 200 Å². The normalized spacial score (nSPS) is 19.2. The molecule has 3 heterocycles. The molecule has 0 aliphatic carbocycles. The molecule has 0 amide bonds. The molecule has 5 rings (SSSR count). The molecule has 4 aromatic rings. The molecule has 0 spiro atoms. The molecule has 0 radical (unpaired) electrons. The first-order valence-electron chi connectivity index (χ1n) is 11.0. The monoisotopic (exact) mass is 476 g/mol. The summed E-state index contributed by atoms with van der Waals surface area (Å²) in [6.45, 7) is 1.08. The van der Waals surface area contributed by atoms with Gasteiger partial charge in [0, 0.05) is 53.9 Å². The number of hydrogen-bond acceptors (Lipinski definition) is 9. The van der Waals surface area contributed by atoms with Crippen LogP contribution in [0.25, 0.3) is 26.7 Å². The lowest BCUT2D eigenvalue weighted by Gasteiger charge is -2.29. The van der Waals surface area contributed by atoms with Crippen molar-refractivity contribution >= 4 is 61.4 Å². The van der Waals surface area contributed by atoms with Crippen LogP contribution in [0.2, 0.25) is 0 Å². The van der Waals surface area contributed by atoms with Gasteiger partial charge in [-0.3, -0.25) is 4.99 Å². The lowest BCUT2D eigenvalue weighted by atomic mass is 9.99. The van der Waals surface area contributed by atoms with E-state index < -0.39 is 6.17 Å². The first kappa shape index (κ1) is 22.2. The van der Waals surface area contributed by atoms with E-state index in [1.165, 1.54) is 12.5 Å². The summed E-state index contributed by atoms with van der Waals surface area (Å²) in [4.78, 5) is 17.4. The summed E-state index contributed by atoms with van der Waals surface area (Å²) in [6.07, 6.45) is 4.38. The second kappa shape index (κ2) is 9.70. The van der Waals surface area contributed by atoms with Gasteiger partial charge in [0.2, 0.25) is 0 Å². The van der Waals surface area contributed by atoms with E-state index in [4.69, 9.17) is 5.73 Å². The number of piperidine rings is 1. The number of anilines is 3. The van der Waals surface area contributed by atoms with Crippen molar-refractivity contribution in [3.8, 4) is 0 Å². The molecular weight excluding hydrogens is 451 g/mol. The highest BCUT2D eigenvalue weighted by Gasteiger charge is 2.25. The highest BCUT2D eigenvalue weighted by molar-refractivity contribution is 7.16. The molecule has 1 unspecified atom stereocenters. The summed E-state index contributed by atoms with van der Waals surface area (Å²) in [5.74, 6) is 0.660. The van der Waals surface area contributed by atoms with E-state index in [0.717, 1.165) is 50.2 Å². The van der Waals surface area contributed by atoms with Gasteiger partial charge in [0.15, 0.2) is 0 Å². The van der Waals surface area contributed by atoms with Crippen LogP contribution in [0.1, 0.15) is 12.0 Å². The van der Waals surface area contributed by atoms with Crippen molar-refractivity contribution in [2.24, 2.45) is 10.7 Å². The first-order valence-corrected chi connectivity index (χ1v) is 11.9. The third-order valence-electron chi connectivity index (χ3n) is 5.88. The highest BCUT2D eigenvalue weighted by Crippen LogP contribution is 2.33. The van der Waals surface area contributed by atoms with E-state index in [1.807, 2.05) is 35.8 Å². The summed E-state index contributed by atoms with van der Waals surface area (Å²) in [5.41, 5.74) is 12.6. The van der Waals surface area contributed by atoms with Gasteiger partial charge < -0.3 is 21.7 Å². The number of aromatic nitrogens is 3. The number of aliphatic imine (C=N–C) groups is 1. The molecule has 2 atom stereocenters. The number of benzene rings is 2. The van der Waals surface area contributed by atoms with Crippen LogP contribution in [-0.2, 0) is 0 Å². The Bertz CT molecular complexity index is 1380. The molecular formula is C24H25FN8S. The summed E-state index contributed by atoms with van der Waals surface area (Å²) in [6, 6.07) is 9.57. The lowest BCUT2D eigenvalue weighted by molar-refractivity contribution is 0.245. The predicted octanol–water partition coefficient (Wildman–Crippen LogP) is 4.10. The van der Waals surface area contributed by atoms with Crippen molar-refractivity contribution in [1.82, 2.24) is 20.3 Å². The Kier molecular flexibility index (Phi) is 6.33. The van der Waals surface area contributed by atoms with Crippen LogP contribution in [0, 0.1) is 0 Å². The highest BCUT2D eigenvalue weighted by atomic mass is 32.1. The maximum atomic E-state index is 14.6. The van der Waals surface area contributed by atoms with Crippen LogP contribution in [0.3, 0.4) is 0 Å². The van der Waals surface area contributed by atoms with Gasteiger partial charge in [-0.1, -0.05) is 0 Å². The van der Waals surface area contributed by atoms with E-state index in [0.29, 0.717) is 18.8 Å². The molecule has 8 nitrogen and oxygen atoms in total. The quantitative estimate of drug-likeness (QED) is 0.310. The smallest absolute Gasteiger partial charge is 0.141 e. The maximum absolute atomic E-state index is 14.6. The molecule has 1 aliphatic heterocycles. The maximum Gasteiger partial charge on any atom is 0.141 e. The molecule has 5 N–H and O–H groups in total. The fourth-order valence-corrected chi connectivity index (χ4v) is 4.87. The Morgan fingerprint density at radius 1 is 1.24 bits per heavy atom. The van der Waals surface area contributed by atoms with E-state index >= 15 is 0 Å². The largest absolute Gasteiger partial charge is 0.404 e. The van der Waals surface area contributed by atoms with Gasteiger partial charge in [-0.2, -0.15) is 0 Å². The number of nitrogens with two attached hydrogens (primary N) is 1. The topological polar surface area (TPSA) is 113 Å². The molecule has 10 heteroatoms. The number of hydrogen-bond donors (Lipinski definition) is 4.